The van der Waals surface area contributed by atoms with E-state index in [9.17, 15) is 13.2 Å². The lowest BCUT2D eigenvalue weighted by Crippen LogP contribution is -2.05. The zero-order valence-corrected chi connectivity index (χ0v) is 7.15. The van der Waals surface area contributed by atoms with Crippen LogP contribution in [0.3, 0.4) is 0 Å². The van der Waals surface area contributed by atoms with Crippen LogP contribution in [0.25, 0.3) is 0 Å². The molecule has 0 unspecified atom stereocenters. The molecule has 1 radical (unpaired) electrons. The summed E-state index contributed by atoms with van der Waals surface area (Å²) in [7, 11) is 0. The maximum absolute atomic E-state index is 12.0. The second kappa shape index (κ2) is 4.13. The van der Waals surface area contributed by atoms with Crippen LogP contribution < -0.4 is 0 Å². The first-order valence-corrected chi connectivity index (χ1v) is 3.94. The summed E-state index contributed by atoms with van der Waals surface area (Å²) in [6.45, 7) is 0. The molecule has 0 aromatic carbocycles. The number of halogens is 3. The van der Waals surface area contributed by atoms with E-state index >= 15 is 0 Å². The van der Waals surface area contributed by atoms with E-state index in [1.807, 2.05) is 6.07 Å². The van der Waals surface area contributed by atoms with Gasteiger partial charge < -0.3 is 0 Å². The number of nitriles is 1. The molecule has 75 valence electrons. The summed E-state index contributed by atoms with van der Waals surface area (Å²) in [5, 5.41) is 13.5. The third-order valence-corrected chi connectivity index (χ3v) is 1.56. The summed E-state index contributed by atoms with van der Waals surface area (Å²) in [6, 6.07) is 4.02. The molecule has 0 spiro atoms. The van der Waals surface area contributed by atoms with Gasteiger partial charge in [0, 0.05) is 18.2 Å². The Bertz CT molecular complexity index is 334. The average Bonchev–Trinajstić information content (AvgIpc) is 2.52. The van der Waals surface area contributed by atoms with E-state index in [2.05, 4.69) is 16.3 Å². The number of unbranched alkanes of at least 4 members (excludes halogenated alkanes) is 1. The van der Waals surface area contributed by atoms with Crippen LogP contribution in [-0.2, 0) is 12.6 Å². The predicted molar refractivity (Wildman–Crippen MR) is 41.0 cm³/mol. The third-order valence-electron chi connectivity index (χ3n) is 1.56. The molecule has 1 rings (SSSR count). The van der Waals surface area contributed by atoms with Crippen LogP contribution in [-0.4, -0.2) is 10.2 Å². The van der Waals surface area contributed by atoms with Gasteiger partial charge >= 0.3 is 6.18 Å². The number of nitrogens with one attached hydrogen (secondary N) is 1. The van der Waals surface area contributed by atoms with Crippen LogP contribution in [0, 0.1) is 17.4 Å². The first kappa shape index (κ1) is 10.6. The van der Waals surface area contributed by atoms with E-state index < -0.39 is 11.9 Å². The summed E-state index contributed by atoms with van der Waals surface area (Å²) in [5.41, 5.74) is -0.753. The molecule has 0 saturated carbocycles. The molecular formula is C8H7F3N3. The summed E-state index contributed by atoms with van der Waals surface area (Å²) >= 11 is 0. The molecule has 0 amide bonds. The Kier molecular flexibility index (Phi) is 3.12. The lowest BCUT2D eigenvalue weighted by atomic mass is 10.2. The Morgan fingerprint density at radius 3 is 2.71 bits per heavy atom. The molecule has 0 atom stereocenters. The molecule has 0 fully saturated rings. The van der Waals surface area contributed by atoms with Crippen molar-refractivity contribution in [1.82, 2.24) is 10.2 Å². The third kappa shape index (κ3) is 2.76. The van der Waals surface area contributed by atoms with Crippen molar-refractivity contribution in [1.29, 1.82) is 5.26 Å². The van der Waals surface area contributed by atoms with E-state index in [0.29, 0.717) is 19.3 Å². The SMILES string of the molecule is N#CCCCc1[c]c(C(F)(F)F)n[nH]1. The number of aromatic nitrogens is 2. The van der Waals surface area contributed by atoms with Crippen molar-refractivity contribution in [3.8, 4) is 6.07 Å². The summed E-state index contributed by atoms with van der Waals surface area (Å²) in [4.78, 5) is 0. The molecular weight excluding hydrogens is 195 g/mol. The van der Waals surface area contributed by atoms with Crippen LogP contribution in [0.5, 0.6) is 0 Å². The van der Waals surface area contributed by atoms with Gasteiger partial charge in [-0.25, -0.2) is 0 Å². The van der Waals surface area contributed by atoms with Gasteiger partial charge in [-0.1, -0.05) is 0 Å². The van der Waals surface area contributed by atoms with Gasteiger partial charge in [-0.2, -0.15) is 23.5 Å². The highest BCUT2D eigenvalue weighted by molar-refractivity contribution is 5.09. The van der Waals surface area contributed by atoms with Crippen molar-refractivity contribution in [2.75, 3.05) is 0 Å². The fourth-order valence-electron chi connectivity index (χ4n) is 0.919. The average molecular weight is 202 g/mol. The molecule has 14 heavy (non-hydrogen) atoms. The summed E-state index contributed by atoms with van der Waals surface area (Å²) < 4.78 is 36.1. The largest absolute Gasteiger partial charge is 0.435 e. The molecule has 0 saturated heterocycles. The maximum Gasteiger partial charge on any atom is 0.435 e. The second-order valence-corrected chi connectivity index (χ2v) is 2.69. The van der Waals surface area contributed by atoms with Gasteiger partial charge in [-0.15, -0.1) is 0 Å². The quantitative estimate of drug-likeness (QED) is 0.763. The number of nitrogens with zero attached hydrogens (tertiary/aromatic N) is 2. The lowest BCUT2D eigenvalue weighted by Gasteiger charge is -1.98. The minimum atomic E-state index is -4.45. The molecule has 1 N–H and O–H groups in total. The van der Waals surface area contributed by atoms with E-state index in [0.717, 1.165) is 0 Å². The lowest BCUT2D eigenvalue weighted by molar-refractivity contribution is -0.141. The van der Waals surface area contributed by atoms with Gasteiger partial charge in [0.05, 0.1) is 6.07 Å². The zero-order chi connectivity index (χ0) is 10.6. The zero-order valence-electron chi connectivity index (χ0n) is 7.15. The van der Waals surface area contributed by atoms with E-state index in [-0.39, 0.29) is 5.69 Å². The smallest absolute Gasteiger partial charge is 0.281 e. The van der Waals surface area contributed by atoms with Crippen molar-refractivity contribution in [3.63, 3.8) is 0 Å². The number of aromatic amines is 1. The number of aryl methyl sites for hydroxylation is 1. The molecule has 1 heterocycles. The minimum Gasteiger partial charge on any atom is -0.281 e. The number of rotatable bonds is 3. The van der Waals surface area contributed by atoms with Crippen molar-refractivity contribution < 1.29 is 13.2 Å². The van der Waals surface area contributed by atoms with Crippen molar-refractivity contribution in [2.45, 2.75) is 25.4 Å². The molecule has 0 aliphatic heterocycles. The molecule has 1 aromatic heterocycles. The van der Waals surface area contributed by atoms with E-state index in [1.165, 1.54) is 0 Å². The maximum atomic E-state index is 12.0. The fourth-order valence-corrected chi connectivity index (χ4v) is 0.919. The van der Waals surface area contributed by atoms with Crippen LogP contribution in [0.15, 0.2) is 0 Å². The Hall–Kier alpha value is -1.51. The van der Waals surface area contributed by atoms with Gasteiger partial charge in [0.15, 0.2) is 5.69 Å². The van der Waals surface area contributed by atoms with E-state index in [4.69, 9.17) is 5.26 Å². The Morgan fingerprint density at radius 2 is 2.21 bits per heavy atom. The molecule has 1 aromatic rings. The summed E-state index contributed by atoms with van der Waals surface area (Å²) in [6.07, 6.45) is -3.28. The molecule has 3 nitrogen and oxygen atoms in total. The van der Waals surface area contributed by atoms with E-state index in [1.54, 1.807) is 0 Å². The van der Waals surface area contributed by atoms with Gasteiger partial charge in [-0.3, -0.25) is 5.10 Å². The predicted octanol–water partition coefficient (Wildman–Crippen LogP) is 2.07. The number of hydrogen-bond donors (Lipinski definition) is 1. The van der Waals surface area contributed by atoms with Crippen molar-refractivity contribution in [2.24, 2.45) is 0 Å². The summed E-state index contributed by atoms with van der Waals surface area (Å²) in [5.74, 6) is 0. The highest BCUT2D eigenvalue weighted by Gasteiger charge is 2.34. The van der Waals surface area contributed by atoms with Crippen molar-refractivity contribution >= 4 is 0 Å². The topological polar surface area (TPSA) is 52.5 Å². The molecule has 0 aliphatic carbocycles. The normalized spacial score (nSPS) is 11.3. The Labute approximate surface area is 78.5 Å². The van der Waals surface area contributed by atoms with Crippen LogP contribution in [0.4, 0.5) is 13.2 Å². The van der Waals surface area contributed by atoms with Gasteiger partial charge in [0.2, 0.25) is 0 Å². The number of hydrogen-bond acceptors (Lipinski definition) is 2. The second-order valence-electron chi connectivity index (χ2n) is 2.69. The van der Waals surface area contributed by atoms with Crippen LogP contribution in [0.1, 0.15) is 24.2 Å². The van der Waals surface area contributed by atoms with Crippen LogP contribution in [0.2, 0.25) is 0 Å². The molecule has 0 aliphatic rings. The first-order valence-electron chi connectivity index (χ1n) is 3.94. The fraction of sp³-hybridized carbons (Fsp3) is 0.500. The highest BCUT2D eigenvalue weighted by Crippen LogP contribution is 2.27. The van der Waals surface area contributed by atoms with Crippen molar-refractivity contribution in [3.05, 3.63) is 17.5 Å². The standard InChI is InChI=1S/C8H7F3N3/c9-8(10,11)7-5-6(13-14-7)3-1-2-4-12/h1-3H2,(H,13,14). The first-order chi connectivity index (χ1) is 6.54. The van der Waals surface area contributed by atoms with Gasteiger partial charge in [0.1, 0.15) is 0 Å². The van der Waals surface area contributed by atoms with Gasteiger partial charge in [-0.05, 0) is 12.8 Å². The molecule has 0 bridgehead atoms. The minimum absolute atomic E-state index is 0.285. The number of H-pyrrole nitrogens is 1. The monoisotopic (exact) mass is 202 g/mol. The Morgan fingerprint density at radius 1 is 1.50 bits per heavy atom. The Balaban J connectivity index is 2.57. The van der Waals surface area contributed by atoms with Crippen LogP contribution >= 0.6 is 0 Å². The van der Waals surface area contributed by atoms with Gasteiger partial charge in [0.25, 0.3) is 0 Å². The number of alkyl halides is 3. The highest BCUT2D eigenvalue weighted by atomic mass is 19.4. The molecule has 6 heteroatoms.